The molecule has 8 heteroatoms. The Morgan fingerprint density at radius 2 is 2.16 bits per heavy atom. The van der Waals surface area contributed by atoms with Gasteiger partial charge in [0.05, 0.1) is 11.3 Å². The van der Waals surface area contributed by atoms with Gasteiger partial charge in [-0.25, -0.2) is 0 Å². The first-order chi connectivity index (χ1) is 14.7. The summed E-state index contributed by atoms with van der Waals surface area (Å²) in [5.41, 5.74) is 1.82. The zero-order valence-corrected chi connectivity index (χ0v) is 19.3. The standard InChI is InChI=1S/C23H32N4O3S/c1-23(2,12-22(29)30)11-21(28)24-13-16-9-15-6-7-27(16)14-17(15)19-10-18(25-26(19)3)20-5-4-8-31-20/h4-5,8,10,15-17H,6-7,9,11-14H2,1-3H3,(H,24,28)(H,29,30)/t15-,16-,17+/m1/s1. The number of fused-ring (bicyclic) bond motifs is 3. The number of thiophene rings is 1. The molecule has 0 aromatic carbocycles. The van der Waals surface area contributed by atoms with E-state index in [2.05, 4.69) is 33.8 Å². The van der Waals surface area contributed by atoms with Crippen LogP contribution in [0.5, 0.6) is 0 Å². The van der Waals surface area contributed by atoms with E-state index >= 15 is 0 Å². The van der Waals surface area contributed by atoms with Gasteiger partial charge in [-0.1, -0.05) is 19.9 Å². The molecule has 0 radical (unpaired) electrons. The first-order valence-corrected chi connectivity index (χ1v) is 11.9. The Balaban J connectivity index is 1.35. The highest BCUT2D eigenvalue weighted by Crippen LogP contribution is 2.42. The molecule has 5 heterocycles. The van der Waals surface area contributed by atoms with Crippen LogP contribution in [0, 0.1) is 11.3 Å². The lowest BCUT2D eigenvalue weighted by atomic mass is 9.74. The quantitative estimate of drug-likeness (QED) is 0.652. The SMILES string of the molecule is Cn1nc(-c2cccs2)cc1[C@H]1CN2CC[C@@H]1C[C@@H]2CNC(=O)CC(C)(C)CC(=O)O. The summed E-state index contributed by atoms with van der Waals surface area (Å²) in [5, 5.41) is 18.9. The number of rotatable bonds is 8. The molecule has 0 aliphatic carbocycles. The normalized spacial score (nSPS) is 25.5. The summed E-state index contributed by atoms with van der Waals surface area (Å²) in [6, 6.07) is 6.78. The topological polar surface area (TPSA) is 87.5 Å². The van der Waals surface area contributed by atoms with Crippen LogP contribution in [0.1, 0.15) is 51.1 Å². The molecule has 7 nitrogen and oxygen atoms in total. The molecular weight excluding hydrogens is 412 g/mol. The van der Waals surface area contributed by atoms with Crippen LogP contribution < -0.4 is 5.32 Å². The number of aromatic nitrogens is 2. The highest BCUT2D eigenvalue weighted by molar-refractivity contribution is 7.13. The van der Waals surface area contributed by atoms with E-state index in [0.29, 0.717) is 24.4 Å². The molecule has 2 bridgehead atoms. The molecule has 5 rings (SSSR count). The van der Waals surface area contributed by atoms with Gasteiger partial charge in [0, 0.05) is 44.2 Å². The van der Waals surface area contributed by atoms with Crippen LogP contribution in [0.15, 0.2) is 23.6 Å². The van der Waals surface area contributed by atoms with Gasteiger partial charge >= 0.3 is 5.97 Å². The molecule has 2 aromatic heterocycles. The number of nitrogens with one attached hydrogen (secondary N) is 1. The number of aliphatic carboxylic acids is 1. The molecule has 31 heavy (non-hydrogen) atoms. The van der Waals surface area contributed by atoms with Crippen molar-refractivity contribution in [2.24, 2.45) is 18.4 Å². The number of nitrogens with zero attached hydrogens (tertiary/aromatic N) is 3. The lowest BCUT2D eigenvalue weighted by Crippen LogP contribution is -2.56. The van der Waals surface area contributed by atoms with Crippen molar-refractivity contribution in [1.29, 1.82) is 0 Å². The number of hydrogen-bond acceptors (Lipinski definition) is 5. The smallest absolute Gasteiger partial charge is 0.303 e. The van der Waals surface area contributed by atoms with E-state index in [9.17, 15) is 9.59 Å². The summed E-state index contributed by atoms with van der Waals surface area (Å²) in [4.78, 5) is 27.1. The van der Waals surface area contributed by atoms with Crippen molar-refractivity contribution in [2.75, 3.05) is 19.6 Å². The van der Waals surface area contributed by atoms with Crippen LogP contribution >= 0.6 is 11.3 Å². The molecule has 3 aliphatic heterocycles. The third-order valence-corrected chi connectivity index (χ3v) is 7.64. The van der Waals surface area contributed by atoms with Gasteiger partial charge in [-0.15, -0.1) is 11.3 Å². The number of aryl methyl sites for hydroxylation is 1. The Hall–Kier alpha value is -2.19. The largest absolute Gasteiger partial charge is 0.481 e. The van der Waals surface area contributed by atoms with Crippen LogP contribution in [0.2, 0.25) is 0 Å². The van der Waals surface area contributed by atoms with E-state index < -0.39 is 11.4 Å². The fraction of sp³-hybridized carbons (Fsp3) is 0.609. The first kappa shape index (κ1) is 22.0. The second-order valence-corrected chi connectivity index (χ2v) is 10.8. The monoisotopic (exact) mass is 444 g/mol. The summed E-state index contributed by atoms with van der Waals surface area (Å²) in [6.45, 7) is 6.36. The maximum Gasteiger partial charge on any atom is 0.303 e. The molecule has 168 valence electrons. The second-order valence-electron chi connectivity index (χ2n) is 9.81. The zero-order valence-electron chi connectivity index (χ0n) is 18.5. The van der Waals surface area contributed by atoms with Crippen LogP contribution in [0.4, 0.5) is 0 Å². The summed E-state index contributed by atoms with van der Waals surface area (Å²) in [5.74, 6) is 0.151. The number of carbonyl (C=O) groups excluding carboxylic acids is 1. The van der Waals surface area contributed by atoms with Gasteiger partial charge in [-0.05, 0) is 48.2 Å². The van der Waals surface area contributed by atoms with Crippen molar-refractivity contribution in [3.63, 3.8) is 0 Å². The van der Waals surface area contributed by atoms with Crippen molar-refractivity contribution in [3.05, 3.63) is 29.3 Å². The van der Waals surface area contributed by atoms with Crippen molar-refractivity contribution >= 4 is 23.2 Å². The third-order valence-electron chi connectivity index (χ3n) is 6.75. The predicted molar refractivity (Wildman–Crippen MR) is 121 cm³/mol. The van der Waals surface area contributed by atoms with E-state index in [4.69, 9.17) is 10.2 Å². The second kappa shape index (κ2) is 8.74. The highest BCUT2D eigenvalue weighted by atomic mass is 32.1. The lowest BCUT2D eigenvalue weighted by Gasteiger charge is -2.50. The highest BCUT2D eigenvalue weighted by Gasteiger charge is 2.42. The molecule has 3 fully saturated rings. The van der Waals surface area contributed by atoms with Crippen molar-refractivity contribution in [2.45, 2.75) is 51.5 Å². The van der Waals surface area contributed by atoms with Gasteiger partial charge in [0.2, 0.25) is 5.91 Å². The van der Waals surface area contributed by atoms with Gasteiger partial charge in [-0.2, -0.15) is 5.10 Å². The minimum absolute atomic E-state index is 0.00210. The average molecular weight is 445 g/mol. The number of carboxylic acids is 1. The number of hydrogen-bond donors (Lipinski definition) is 2. The summed E-state index contributed by atoms with van der Waals surface area (Å²) in [7, 11) is 2.04. The first-order valence-electron chi connectivity index (χ1n) is 11.0. The Bertz CT molecular complexity index is 937. The Morgan fingerprint density at radius 1 is 1.35 bits per heavy atom. The molecule has 0 saturated carbocycles. The molecular formula is C23H32N4O3S. The minimum Gasteiger partial charge on any atom is -0.481 e. The van der Waals surface area contributed by atoms with Gasteiger partial charge in [0.15, 0.2) is 0 Å². The van der Waals surface area contributed by atoms with Gasteiger partial charge in [0.25, 0.3) is 0 Å². The number of carbonyl (C=O) groups is 2. The molecule has 2 aromatic rings. The molecule has 0 spiro atoms. The van der Waals surface area contributed by atoms with E-state index in [1.807, 2.05) is 25.6 Å². The Kier molecular flexibility index (Phi) is 6.21. The number of amides is 1. The fourth-order valence-corrected chi connectivity index (χ4v) is 5.94. The lowest BCUT2D eigenvalue weighted by molar-refractivity contribution is -0.139. The number of carboxylic acid groups (broad SMARTS) is 1. The van der Waals surface area contributed by atoms with Gasteiger partial charge in [-0.3, -0.25) is 19.2 Å². The summed E-state index contributed by atoms with van der Waals surface area (Å²) >= 11 is 1.72. The molecule has 3 saturated heterocycles. The van der Waals surface area contributed by atoms with E-state index in [-0.39, 0.29) is 18.7 Å². The van der Waals surface area contributed by atoms with Gasteiger partial charge < -0.3 is 10.4 Å². The Labute approximate surface area is 187 Å². The van der Waals surface area contributed by atoms with E-state index in [0.717, 1.165) is 25.2 Å². The van der Waals surface area contributed by atoms with Crippen LogP contribution in [-0.4, -0.2) is 57.3 Å². The molecule has 1 unspecified atom stereocenters. The minimum atomic E-state index is -0.864. The van der Waals surface area contributed by atoms with Crippen molar-refractivity contribution in [3.8, 4) is 10.6 Å². The maximum atomic E-state index is 12.4. The van der Waals surface area contributed by atoms with E-state index in [1.54, 1.807) is 11.3 Å². The predicted octanol–water partition coefficient (Wildman–Crippen LogP) is 3.33. The van der Waals surface area contributed by atoms with Crippen LogP contribution in [0.25, 0.3) is 10.6 Å². The zero-order chi connectivity index (χ0) is 22.2. The summed E-state index contributed by atoms with van der Waals surface area (Å²) in [6.07, 6.45) is 2.49. The summed E-state index contributed by atoms with van der Waals surface area (Å²) < 4.78 is 2.04. The molecule has 1 amide bonds. The number of piperidine rings is 3. The Morgan fingerprint density at radius 3 is 2.81 bits per heavy atom. The molecule has 4 atom stereocenters. The van der Waals surface area contributed by atoms with Crippen LogP contribution in [0.3, 0.4) is 0 Å². The fourth-order valence-electron chi connectivity index (χ4n) is 5.26. The van der Waals surface area contributed by atoms with Gasteiger partial charge in [0.1, 0.15) is 5.69 Å². The molecule has 2 N–H and O–H groups in total. The average Bonchev–Trinajstić information content (AvgIpc) is 3.35. The van der Waals surface area contributed by atoms with Crippen molar-refractivity contribution < 1.29 is 14.7 Å². The maximum absolute atomic E-state index is 12.4. The third kappa shape index (κ3) is 5.01. The van der Waals surface area contributed by atoms with Crippen LogP contribution in [-0.2, 0) is 16.6 Å². The van der Waals surface area contributed by atoms with Crippen molar-refractivity contribution in [1.82, 2.24) is 20.0 Å². The molecule has 3 aliphatic rings. The van der Waals surface area contributed by atoms with E-state index in [1.165, 1.54) is 17.0 Å².